The molecular weight excluding hydrogens is 188 g/mol. The molecule has 15 heavy (non-hydrogen) atoms. The number of carbonyl (C=O) groups is 1. The average molecular weight is 206 g/mol. The van der Waals surface area contributed by atoms with E-state index in [-0.39, 0.29) is 5.92 Å². The Balaban J connectivity index is 2.83. The smallest absolute Gasteiger partial charge is 0.306 e. The van der Waals surface area contributed by atoms with Crippen molar-refractivity contribution in [1.29, 1.82) is 0 Å². The highest BCUT2D eigenvalue weighted by molar-refractivity contribution is 5.69. The Morgan fingerprint density at radius 1 is 1.47 bits per heavy atom. The highest BCUT2D eigenvalue weighted by Crippen LogP contribution is 2.15. The van der Waals surface area contributed by atoms with E-state index in [9.17, 15) is 4.79 Å². The zero-order chi connectivity index (χ0) is 11.4. The van der Waals surface area contributed by atoms with E-state index >= 15 is 0 Å². The first-order valence-corrected chi connectivity index (χ1v) is 5.35. The van der Waals surface area contributed by atoms with Crippen molar-refractivity contribution in [2.45, 2.75) is 33.6 Å². The van der Waals surface area contributed by atoms with E-state index in [1.54, 1.807) is 6.92 Å². The first-order chi connectivity index (χ1) is 7.04. The van der Waals surface area contributed by atoms with E-state index in [1.165, 1.54) is 11.1 Å². The SMILES string of the molecule is CCc1cc(CC(C)C(=O)O)ccc1C. The van der Waals surface area contributed by atoms with Gasteiger partial charge in [0.25, 0.3) is 0 Å². The minimum atomic E-state index is -0.728. The second kappa shape index (κ2) is 4.96. The van der Waals surface area contributed by atoms with Gasteiger partial charge in [-0.2, -0.15) is 0 Å². The molecule has 2 nitrogen and oxygen atoms in total. The summed E-state index contributed by atoms with van der Waals surface area (Å²) in [7, 11) is 0. The van der Waals surface area contributed by atoms with E-state index in [0.29, 0.717) is 6.42 Å². The minimum absolute atomic E-state index is 0.308. The predicted molar refractivity (Wildman–Crippen MR) is 61.1 cm³/mol. The molecule has 0 radical (unpaired) electrons. The quantitative estimate of drug-likeness (QED) is 0.822. The Morgan fingerprint density at radius 3 is 2.67 bits per heavy atom. The lowest BCUT2D eigenvalue weighted by molar-refractivity contribution is -0.141. The number of hydrogen-bond acceptors (Lipinski definition) is 1. The van der Waals surface area contributed by atoms with Crippen LogP contribution < -0.4 is 0 Å². The van der Waals surface area contributed by atoms with Gasteiger partial charge in [0.05, 0.1) is 5.92 Å². The standard InChI is InChI=1S/C13H18O2/c1-4-12-8-11(6-5-9(12)2)7-10(3)13(14)15/h5-6,8,10H,4,7H2,1-3H3,(H,14,15). The number of benzene rings is 1. The van der Waals surface area contributed by atoms with Crippen molar-refractivity contribution in [3.63, 3.8) is 0 Å². The van der Waals surface area contributed by atoms with Gasteiger partial charge in [-0.05, 0) is 36.5 Å². The van der Waals surface area contributed by atoms with Gasteiger partial charge in [0.15, 0.2) is 0 Å². The maximum Gasteiger partial charge on any atom is 0.306 e. The zero-order valence-electron chi connectivity index (χ0n) is 9.58. The zero-order valence-corrected chi connectivity index (χ0v) is 9.58. The highest BCUT2D eigenvalue weighted by Gasteiger charge is 2.11. The number of aliphatic carboxylic acids is 1. The van der Waals surface area contributed by atoms with Gasteiger partial charge >= 0.3 is 5.97 Å². The van der Waals surface area contributed by atoms with Crippen LogP contribution in [-0.2, 0) is 17.6 Å². The second-order valence-corrected chi connectivity index (χ2v) is 4.06. The molecule has 82 valence electrons. The van der Waals surface area contributed by atoms with E-state index in [2.05, 4.69) is 26.0 Å². The number of hydrogen-bond donors (Lipinski definition) is 1. The molecule has 0 saturated heterocycles. The summed E-state index contributed by atoms with van der Waals surface area (Å²) in [6, 6.07) is 6.21. The molecule has 0 amide bonds. The molecule has 0 aliphatic rings. The van der Waals surface area contributed by atoms with E-state index in [1.807, 2.05) is 6.07 Å². The van der Waals surface area contributed by atoms with Gasteiger partial charge in [0, 0.05) is 0 Å². The Hall–Kier alpha value is -1.31. The van der Waals surface area contributed by atoms with E-state index < -0.39 is 5.97 Å². The van der Waals surface area contributed by atoms with E-state index in [0.717, 1.165) is 12.0 Å². The summed E-state index contributed by atoms with van der Waals surface area (Å²) in [5.41, 5.74) is 3.71. The minimum Gasteiger partial charge on any atom is -0.481 e. The normalized spacial score (nSPS) is 12.5. The van der Waals surface area contributed by atoms with Crippen LogP contribution in [0.1, 0.15) is 30.5 Å². The third kappa shape index (κ3) is 3.08. The van der Waals surface area contributed by atoms with Crippen molar-refractivity contribution in [2.24, 2.45) is 5.92 Å². The molecule has 0 aromatic heterocycles. The van der Waals surface area contributed by atoms with Gasteiger partial charge in [-0.3, -0.25) is 4.79 Å². The average Bonchev–Trinajstić information content (AvgIpc) is 2.20. The molecule has 0 aliphatic heterocycles. The van der Waals surface area contributed by atoms with Gasteiger partial charge in [-0.1, -0.05) is 32.0 Å². The number of carboxylic acid groups (broad SMARTS) is 1. The number of aryl methyl sites for hydroxylation is 2. The van der Waals surface area contributed by atoms with Gasteiger partial charge in [-0.15, -0.1) is 0 Å². The Labute approximate surface area is 90.9 Å². The summed E-state index contributed by atoms with van der Waals surface area (Å²) in [6.07, 6.45) is 1.61. The lowest BCUT2D eigenvalue weighted by Gasteiger charge is -2.09. The molecule has 1 N–H and O–H groups in total. The molecule has 1 unspecified atom stereocenters. The molecule has 1 rings (SSSR count). The molecule has 0 bridgehead atoms. The third-order valence-electron chi connectivity index (χ3n) is 2.76. The molecule has 1 aromatic carbocycles. The topological polar surface area (TPSA) is 37.3 Å². The van der Waals surface area contributed by atoms with Crippen LogP contribution in [0.4, 0.5) is 0 Å². The van der Waals surface area contributed by atoms with Crippen LogP contribution in [-0.4, -0.2) is 11.1 Å². The van der Waals surface area contributed by atoms with Crippen molar-refractivity contribution < 1.29 is 9.90 Å². The van der Waals surface area contributed by atoms with Gasteiger partial charge < -0.3 is 5.11 Å². The summed E-state index contributed by atoms with van der Waals surface area (Å²) in [4.78, 5) is 10.7. The number of carboxylic acids is 1. The first-order valence-electron chi connectivity index (χ1n) is 5.35. The molecule has 0 fully saturated rings. The van der Waals surface area contributed by atoms with Gasteiger partial charge in [0.1, 0.15) is 0 Å². The lowest BCUT2D eigenvalue weighted by Crippen LogP contribution is -2.12. The summed E-state index contributed by atoms with van der Waals surface area (Å²) < 4.78 is 0. The largest absolute Gasteiger partial charge is 0.481 e. The first kappa shape index (κ1) is 11.8. The molecular formula is C13H18O2. The van der Waals surface area contributed by atoms with Crippen molar-refractivity contribution in [1.82, 2.24) is 0 Å². The Kier molecular flexibility index (Phi) is 3.89. The molecule has 0 aliphatic carbocycles. The van der Waals surface area contributed by atoms with Crippen LogP contribution in [0, 0.1) is 12.8 Å². The maximum atomic E-state index is 10.7. The van der Waals surface area contributed by atoms with E-state index in [4.69, 9.17) is 5.11 Å². The molecule has 2 heteroatoms. The van der Waals surface area contributed by atoms with Crippen LogP contribution in [0.3, 0.4) is 0 Å². The third-order valence-corrected chi connectivity index (χ3v) is 2.76. The summed E-state index contributed by atoms with van der Waals surface area (Å²) in [5, 5.41) is 8.82. The maximum absolute atomic E-state index is 10.7. The highest BCUT2D eigenvalue weighted by atomic mass is 16.4. The second-order valence-electron chi connectivity index (χ2n) is 4.06. The van der Waals surface area contributed by atoms with Crippen molar-refractivity contribution >= 4 is 5.97 Å². The van der Waals surface area contributed by atoms with Crippen molar-refractivity contribution in [3.05, 3.63) is 34.9 Å². The summed E-state index contributed by atoms with van der Waals surface area (Å²) in [6.45, 7) is 5.95. The Morgan fingerprint density at radius 2 is 2.13 bits per heavy atom. The fourth-order valence-electron chi connectivity index (χ4n) is 1.67. The van der Waals surface area contributed by atoms with Crippen LogP contribution in [0.2, 0.25) is 0 Å². The number of rotatable bonds is 4. The van der Waals surface area contributed by atoms with Crippen LogP contribution in [0.5, 0.6) is 0 Å². The summed E-state index contributed by atoms with van der Waals surface area (Å²) >= 11 is 0. The molecule has 1 atom stereocenters. The van der Waals surface area contributed by atoms with Crippen LogP contribution in [0.25, 0.3) is 0 Å². The fraction of sp³-hybridized carbons (Fsp3) is 0.462. The fourth-order valence-corrected chi connectivity index (χ4v) is 1.67. The predicted octanol–water partition coefficient (Wildman–Crippen LogP) is 2.82. The van der Waals surface area contributed by atoms with Crippen LogP contribution in [0.15, 0.2) is 18.2 Å². The van der Waals surface area contributed by atoms with Crippen molar-refractivity contribution in [3.8, 4) is 0 Å². The van der Waals surface area contributed by atoms with Gasteiger partial charge in [0.2, 0.25) is 0 Å². The molecule has 0 heterocycles. The van der Waals surface area contributed by atoms with Crippen LogP contribution >= 0.6 is 0 Å². The van der Waals surface area contributed by atoms with Gasteiger partial charge in [-0.25, -0.2) is 0 Å². The molecule has 0 saturated carbocycles. The molecule has 0 spiro atoms. The molecule has 1 aromatic rings. The summed E-state index contributed by atoms with van der Waals surface area (Å²) in [5.74, 6) is -1.04. The monoisotopic (exact) mass is 206 g/mol. The van der Waals surface area contributed by atoms with Crippen molar-refractivity contribution in [2.75, 3.05) is 0 Å². The lowest BCUT2D eigenvalue weighted by atomic mass is 9.96. The Bertz CT molecular complexity index is 356.